The zero-order chi connectivity index (χ0) is 15.6. The summed E-state index contributed by atoms with van der Waals surface area (Å²) in [5, 5.41) is 0. The van der Waals surface area contributed by atoms with E-state index < -0.39 is 10.2 Å². The van der Waals surface area contributed by atoms with Crippen molar-refractivity contribution >= 4 is 6.08 Å². The Kier molecular flexibility index (Phi) is 5.11. The van der Waals surface area contributed by atoms with E-state index in [-0.39, 0.29) is 0 Å². The van der Waals surface area contributed by atoms with Crippen molar-refractivity contribution in [3.63, 3.8) is 0 Å². The average Bonchev–Trinajstić information content (AvgIpc) is 2.93. The van der Waals surface area contributed by atoms with Crippen molar-refractivity contribution in [1.29, 1.82) is 0 Å². The maximum atomic E-state index is 8.60. The predicted octanol–water partition coefficient (Wildman–Crippen LogP) is -0.217. The fourth-order valence-electron chi connectivity index (χ4n) is 3.70. The molecule has 0 fully saturated rings. The smallest absolute Gasteiger partial charge is 0.0777 e. The maximum absolute atomic E-state index is 8.60. The van der Waals surface area contributed by atoms with Gasteiger partial charge >= 0.3 is 0 Å². The molecule has 0 amide bonds. The third-order valence-electron chi connectivity index (χ3n) is 4.28. The lowest BCUT2D eigenvalue weighted by Gasteiger charge is -2.23. The van der Waals surface area contributed by atoms with Crippen molar-refractivity contribution in [3.8, 4) is 0 Å². The van der Waals surface area contributed by atoms with Gasteiger partial charge in [0.1, 0.15) is 0 Å². The Morgan fingerprint density at radius 1 is 1.24 bits per heavy atom. The number of aromatic nitrogens is 1. The molecule has 5 nitrogen and oxygen atoms in total. The molecule has 0 spiro atoms. The first kappa shape index (κ1) is 16.5. The Morgan fingerprint density at radius 2 is 1.90 bits per heavy atom. The van der Waals surface area contributed by atoms with E-state index in [1.54, 1.807) is 22.5 Å². The molecule has 0 aromatic carbocycles. The number of hydrogen-bond donors (Lipinski definition) is 1. The van der Waals surface area contributed by atoms with Crippen LogP contribution in [0.15, 0.2) is 6.08 Å². The highest BCUT2D eigenvalue weighted by Crippen LogP contribution is 2.42. The topological polar surface area (TPSA) is 94.3 Å². The van der Waals surface area contributed by atoms with E-state index in [0.717, 1.165) is 6.04 Å². The highest BCUT2D eigenvalue weighted by Gasteiger charge is 2.32. The summed E-state index contributed by atoms with van der Waals surface area (Å²) in [5.41, 5.74) is 6.50. The molecular weight excluding hydrogens is 294 g/mol. The summed E-state index contributed by atoms with van der Waals surface area (Å²) in [6.07, 6.45) is 12.5. The molecule has 118 valence electrons. The standard InChI is InChI=1S/C15H21N.ClHO4/c1-3-6-13-12(4-2)14-8-5-7-11-9-10-15(13)16(11)14;2-1(3,4)5/h3,6,11H,4-5,7-10H2,1-2H3;(H,2,3,4,5)/b6-3+;/t11-;/m1./s1. The van der Waals surface area contributed by atoms with Crippen LogP contribution < -0.4 is 14.0 Å². The molecule has 2 aliphatic heterocycles. The molecule has 6 heteroatoms. The van der Waals surface area contributed by atoms with Crippen molar-refractivity contribution in [3.05, 3.63) is 28.6 Å². The fourth-order valence-corrected chi connectivity index (χ4v) is 3.70. The Labute approximate surface area is 127 Å². The lowest BCUT2D eigenvalue weighted by atomic mass is 9.95. The molecule has 1 N–H and O–H groups in total. The molecular formula is C15H22ClNO4. The number of hydrogen-bond acceptors (Lipinski definition) is 4. The molecule has 3 heterocycles. The molecule has 0 radical (unpaired) electrons. The summed E-state index contributed by atoms with van der Waals surface area (Å²) in [6.45, 7) is 4.44. The van der Waals surface area contributed by atoms with Crippen LogP contribution in [0, 0.1) is 10.2 Å². The number of allylic oxidation sites excluding steroid dienone is 1. The van der Waals surface area contributed by atoms with E-state index in [0.29, 0.717) is 0 Å². The van der Waals surface area contributed by atoms with Crippen LogP contribution in [0.5, 0.6) is 0 Å². The lowest BCUT2D eigenvalue weighted by molar-refractivity contribution is -1.92. The number of nitrogens with zero attached hydrogens (tertiary/aromatic N) is 1. The molecule has 0 saturated heterocycles. The van der Waals surface area contributed by atoms with E-state index in [1.807, 2.05) is 0 Å². The SMILES string of the molecule is C/C=C/c1c(CC)c2n3c1CC[C@H]3CCC2.[O-][Cl+3]([O-])([O-])O. The molecule has 21 heavy (non-hydrogen) atoms. The average molecular weight is 316 g/mol. The summed E-state index contributed by atoms with van der Waals surface area (Å²) >= 11 is 0. The second kappa shape index (κ2) is 6.50. The molecule has 0 bridgehead atoms. The van der Waals surface area contributed by atoms with E-state index in [1.165, 1.54) is 38.5 Å². The van der Waals surface area contributed by atoms with E-state index in [4.69, 9.17) is 18.6 Å². The van der Waals surface area contributed by atoms with Crippen molar-refractivity contribution in [1.82, 2.24) is 4.57 Å². The highest BCUT2D eigenvalue weighted by atomic mass is 35.7. The van der Waals surface area contributed by atoms with Gasteiger partial charge < -0.3 is 4.57 Å². The normalized spacial score (nSPS) is 20.4. The number of halogens is 1. The lowest BCUT2D eigenvalue weighted by Crippen LogP contribution is -2.58. The fraction of sp³-hybridized carbons (Fsp3) is 0.600. The first-order valence-corrected chi connectivity index (χ1v) is 8.63. The van der Waals surface area contributed by atoms with Gasteiger partial charge in [-0.15, -0.1) is 0 Å². The molecule has 3 rings (SSSR count). The van der Waals surface area contributed by atoms with Gasteiger partial charge in [0, 0.05) is 17.4 Å². The number of rotatable bonds is 2. The van der Waals surface area contributed by atoms with Crippen molar-refractivity contribution in [2.45, 2.75) is 58.4 Å². The largest absolute Gasteiger partial charge is 0.345 e. The summed E-state index contributed by atoms with van der Waals surface area (Å²) < 4.78 is 35.4. The maximum Gasteiger partial charge on any atom is 0.0777 e. The van der Waals surface area contributed by atoms with Gasteiger partial charge in [-0.05, 0) is 56.6 Å². The quantitative estimate of drug-likeness (QED) is 0.816. The summed E-state index contributed by atoms with van der Waals surface area (Å²) in [7, 11) is -4.69. The molecule has 1 aromatic rings. The highest BCUT2D eigenvalue weighted by molar-refractivity contribution is 5.60. The molecule has 0 unspecified atom stereocenters. The minimum atomic E-state index is -4.69. The van der Waals surface area contributed by atoms with Crippen LogP contribution in [0.2, 0.25) is 0 Å². The Hall–Kier alpha value is -0.850. The van der Waals surface area contributed by atoms with Gasteiger partial charge in [0.25, 0.3) is 0 Å². The summed E-state index contributed by atoms with van der Waals surface area (Å²) in [4.78, 5) is 0. The zero-order valence-corrected chi connectivity index (χ0v) is 13.2. The second-order valence-electron chi connectivity index (χ2n) is 5.49. The monoisotopic (exact) mass is 315 g/mol. The third-order valence-corrected chi connectivity index (χ3v) is 4.28. The van der Waals surface area contributed by atoms with Crippen molar-refractivity contribution in [2.24, 2.45) is 0 Å². The zero-order valence-electron chi connectivity index (χ0n) is 12.5. The van der Waals surface area contributed by atoms with Crippen LogP contribution in [0.25, 0.3) is 6.08 Å². The Balaban J connectivity index is 0.000000282. The van der Waals surface area contributed by atoms with Crippen molar-refractivity contribution in [2.75, 3.05) is 0 Å². The van der Waals surface area contributed by atoms with E-state index in [9.17, 15) is 0 Å². The van der Waals surface area contributed by atoms with Crippen LogP contribution in [0.3, 0.4) is 0 Å². The van der Waals surface area contributed by atoms with Crippen LogP contribution in [-0.2, 0) is 19.3 Å². The van der Waals surface area contributed by atoms with Gasteiger partial charge in [-0.3, -0.25) is 0 Å². The first-order chi connectivity index (χ1) is 9.86. The second-order valence-corrected chi connectivity index (χ2v) is 6.28. The minimum Gasteiger partial charge on any atom is -0.345 e. The van der Waals surface area contributed by atoms with Gasteiger partial charge in [0.2, 0.25) is 0 Å². The molecule has 1 atom stereocenters. The predicted molar refractivity (Wildman–Crippen MR) is 71.0 cm³/mol. The summed E-state index contributed by atoms with van der Waals surface area (Å²) in [6, 6.07) is 0.836. The summed E-state index contributed by atoms with van der Waals surface area (Å²) in [5.74, 6) is 0. The van der Waals surface area contributed by atoms with Crippen LogP contribution in [0.4, 0.5) is 0 Å². The van der Waals surface area contributed by atoms with Gasteiger partial charge in [-0.25, -0.2) is 0 Å². The van der Waals surface area contributed by atoms with Gasteiger partial charge in [-0.2, -0.15) is 14.0 Å². The molecule has 0 saturated carbocycles. The van der Waals surface area contributed by atoms with Gasteiger partial charge in [0.15, 0.2) is 0 Å². The first-order valence-electron chi connectivity index (χ1n) is 7.37. The molecule has 1 aromatic heterocycles. The van der Waals surface area contributed by atoms with E-state index >= 15 is 0 Å². The van der Waals surface area contributed by atoms with Gasteiger partial charge in [0.05, 0.1) is 14.9 Å². The molecule has 0 aliphatic carbocycles. The minimum absolute atomic E-state index is 0.836. The van der Waals surface area contributed by atoms with Crippen LogP contribution >= 0.6 is 0 Å². The van der Waals surface area contributed by atoms with Crippen LogP contribution in [0.1, 0.15) is 61.7 Å². The van der Waals surface area contributed by atoms with Crippen LogP contribution in [-0.4, -0.2) is 9.23 Å². The van der Waals surface area contributed by atoms with E-state index in [2.05, 4.69) is 30.6 Å². The Bertz CT molecular complexity index is 521. The van der Waals surface area contributed by atoms with Crippen molar-refractivity contribution < 1.29 is 28.9 Å². The Morgan fingerprint density at radius 3 is 2.48 bits per heavy atom. The molecule has 2 aliphatic rings. The van der Waals surface area contributed by atoms with Gasteiger partial charge in [-0.1, -0.05) is 19.1 Å². The third kappa shape index (κ3) is 3.67.